The van der Waals surface area contributed by atoms with Crippen molar-refractivity contribution in [1.29, 1.82) is 0 Å². The zero-order valence-electron chi connectivity index (χ0n) is 46.5. The van der Waals surface area contributed by atoms with Crippen molar-refractivity contribution >= 4 is 17.9 Å². The molecule has 406 valence electrons. The summed E-state index contributed by atoms with van der Waals surface area (Å²) in [7, 11) is 0. The van der Waals surface area contributed by atoms with E-state index >= 15 is 0 Å². The van der Waals surface area contributed by atoms with Gasteiger partial charge < -0.3 is 14.2 Å². The van der Waals surface area contributed by atoms with Gasteiger partial charge in [0.1, 0.15) is 13.2 Å². The highest BCUT2D eigenvalue weighted by atomic mass is 16.6. The van der Waals surface area contributed by atoms with Gasteiger partial charge in [-0.15, -0.1) is 0 Å². The summed E-state index contributed by atoms with van der Waals surface area (Å²) in [6, 6.07) is 0. The van der Waals surface area contributed by atoms with Crippen LogP contribution in [-0.4, -0.2) is 37.2 Å². The van der Waals surface area contributed by atoms with Crippen molar-refractivity contribution in [2.75, 3.05) is 13.2 Å². The van der Waals surface area contributed by atoms with Gasteiger partial charge in [-0.05, 0) is 83.5 Å². The fourth-order valence-electron chi connectivity index (χ4n) is 8.72. The summed E-state index contributed by atoms with van der Waals surface area (Å²) >= 11 is 0. The number of carbonyl (C=O) groups excluding carboxylic acids is 3. The van der Waals surface area contributed by atoms with Gasteiger partial charge in [0.25, 0.3) is 0 Å². The molecule has 1 atom stereocenters. The molecule has 0 amide bonds. The Kier molecular flexibility index (Phi) is 56.3. The quantitative estimate of drug-likeness (QED) is 0.0261. The number of hydrogen-bond acceptors (Lipinski definition) is 6. The van der Waals surface area contributed by atoms with Gasteiger partial charge in [0, 0.05) is 19.3 Å². The molecule has 0 saturated heterocycles. The van der Waals surface area contributed by atoms with E-state index < -0.39 is 6.10 Å². The molecule has 0 aliphatic rings. The van der Waals surface area contributed by atoms with Crippen LogP contribution in [0, 0.1) is 0 Å². The van der Waals surface area contributed by atoms with Crippen molar-refractivity contribution in [3.05, 3.63) is 60.8 Å². The third kappa shape index (κ3) is 56.0. The summed E-state index contributed by atoms with van der Waals surface area (Å²) in [5, 5.41) is 0. The Balaban J connectivity index is 4.37. The molecule has 0 aromatic carbocycles. The lowest BCUT2D eigenvalue weighted by Gasteiger charge is -2.18. The van der Waals surface area contributed by atoms with Crippen LogP contribution in [0.5, 0.6) is 0 Å². The maximum atomic E-state index is 12.9. The van der Waals surface area contributed by atoms with Gasteiger partial charge in [0.05, 0.1) is 0 Å². The first-order valence-corrected chi connectivity index (χ1v) is 30.3. The third-order valence-electron chi connectivity index (χ3n) is 13.3. The minimum absolute atomic E-state index is 0.0838. The minimum atomic E-state index is -0.785. The molecule has 0 aromatic rings. The molecular weight excluding hydrogens is 865 g/mol. The highest BCUT2D eigenvalue weighted by Gasteiger charge is 2.19. The molecule has 6 nitrogen and oxygen atoms in total. The minimum Gasteiger partial charge on any atom is -0.462 e. The fourth-order valence-corrected chi connectivity index (χ4v) is 8.72. The number of unbranched alkanes of at least 4 members (excludes halogenated alkanes) is 34. The van der Waals surface area contributed by atoms with Crippen molar-refractivity contribution in [1.82, 2.24) is 0 Å². The lowest BCUT2D eigenvalue weighted by Crippen LogP contribution is -2.30. The zero-order chi connectivity index (χ0) is 50.7. The van der Waals surface area contributed by atoms with E-state index in [0.29, 0.717) is 19.3 Å². The monoisotopic (exact) mass is 979 g/mol. The Morgan fingerprint density at radius 3 is 0.900 bits per heavy atom. The van der Waals surface area contributed by atoms with E-state index in [0.717, 1.165) is 103 Å². The summed E-state index contributed by atoms with van der Waals surface area (Å²) in [5.74, 6) is -0.896. The van der Waals surface area contributed by atoms with Crippen LogP contribution in [0.4, 0.5) is 0 Å². The molecule has 0 N–H and O–H groups in total. The molecule has 6 heteroatoms. The predicted molar refractivity (Wildman–Crippen MR) is 302 cm³/mol. The topological polar surface area (TPSA) is 78.9 Å². The van der Waals surface area contributed by atoms with E-state index in [1.165, 1.54) is 167 Å². The molecule has 0 radical (unpaired) electrons. The molecule has 1 unspecified atom stereocenters. The third-order valence-corrected chi connectivity index (χ3v) is 13.3. The molecule has 0 heterocycles. The number of allylic oxidation sites excluding steroid dienone is 10. The number of carbonyl (C=O) groups is 3. The second kappa shape index (κ2) is 58.7. The normalized spacial score (nSPS) is 12.4. The Morgan fingerprint density at radius 1 is 0.300 bits per heavy atom. The lowest BCUT2D eigenvalue weighted by atomic mass is 10.0. The van der Waals surface area contributed by atoms with Crippen LogP contribution >= 0.6 is 0 Å². The van der Waals surface area contributed by atoms with Gasteiger partial charge in [-0.25, -0.2) is 0 Å². The first kappa shape index (κ1) is 67.1. The van der Waals surface area contributed by atoms with Gasteiger partial charge in [0.2, 0.25) is 0 Å². The van der Waals surface area contributed by atoms with Gasteiger partial charge in [0.15, 0.2) is 6.10 Å². The van der Waals surface area contributed by atoms with Crippen molar-refractivity contribution in [3.8, 4) is 0 Å². The molecule has 0 rings (SSSR count). The number of esters is 3. The Labute approximate surface area is 434 Å². The number of ether oxygens (including phenoxy) is 3. The first-order valence-electron chi connectivity index (χ1n) is 30.3. The van der Waals surface area contributed by atoms with Crippen LogP contribution in [0.3, 0.4) is 0 Å². The van der Waals surface area contributed by atoms with Gasteiger partial charge >= 0.3 is 17.9 Å². The summed E-state index contributed by atoms with van der Waals surface area (Å²) < 4.78 is 16.9. The molecule has 0 aromatic heterocycles. The summed E-state index contributed by atoms with van der Waals surface area (Å²) in [4.78, 5) is 38.2. The molecule has 0 saturated carbocycles. The molecule has 70 heavy (non-hydrogen) atoms. The van der Waals surface area contributed by atoms with Gasteiger partial charge in [-0.1, -0.05) is 268 Å². The van der Waals surface area contributed by atoms with Gasteiger partial charge in [-0.3, -0.25) is 14.4 Å². The summed E-state index contributed by atoms with van der Waals surface area (Å²) in [6.45, 7) is 6.54. The first-order chi connectivity index (χ1) is 34.5. The van der Waals surface area contributed by atoms with Crippen molar-refractivity contribution < 1.29 is 28.6 Å². The highest BCUT2D eigenvalue weighted by Crippen LogP contribution is 2.17. The average molecular weight is 980 g/mol. The summed E-state index contributed by atoms with van der Waals surface area (Å²) in [5.41, 5.74) is 0. The SMILES string of the molecule is CC/C=C\C/C=C\C/C=C\C/C=C\CCCCCCCCC(=O)OCC(COC(=O)CCCCC/C=C\CCCCCCCCC)OC(=O)CCCCCCCCCCCCCCCCCCCCC. The predicted octanol–water partition coefficient (Wildman–Crippen LogP) is 20.4. The van der Waals surface area contributed by atoms with Crippen LogP contribution < -0.4 is 0 Å². The van der Waals surface area contributed by atoms with Crippen LogP contribution in [0.1, 0.15) is 310 Å². The van der Waals surface area contributed by atoms with E-state index in [4.69, 9.17) is 14.2 Å². The van der Waals surface area contributed by atoms with Crippen LogP contribution in [0.2, 0.25) is 0 Å². The molecule has 0 aliphatic heterocycles. The molecule has 0 fully saturated rings. The van der Waals surface area contributed by atoms with E-state index in [1.54, 1.807) is 0 Å². The Morgan fingerprint density at radius 2 is 0.557 bits per heavy atom. The maximum Gasteiger partial charge on any atom is 0.306 e. The smallest absolute Gasteiger partial charge is 0.306 e. The van der Waals surface area contributed by atoms with Crippen molar-refractivity contribution in [3.63, 3.8) is 0 Å². The number of rotatable bonds is 55. The molecule has 0 spiro atoms. The highest BCUT2D eigenvalue weighted by molar-refractivity contribution is 5.71. The van der Waals surface area contributed by atoms with Crippen LogP contribution in [0.15, 0.2) is 60.8 Å². The zero-order valence-corrected chi connectivity index (χ0v) is 46.5. The van der Waals surface area contributed by atoms with Gasteiger partial charge in [-0.2, -0.15) is 0 Å². The molecule has 0 bridgehead atoms. The molecular formula is C64H114O6. The van der Waals surface area contributed by atoms with Crippen molar-refractivity contribution in [2.24, 2.45) is 0 Å². The summed E-state index contributed by atoms with van der Waals surface area (Å²) in [6.07, 6.45) is 73.6. The standard InChI is InChI=1S/C64H114O6/c1-4-7-10-13-16-19-22-25-28-30-32-34-36-39-42-45-48-51-54-57-63(66)69-60-61(59-68-62(65)56-53-50-47-44-41-38-27-24-21-18-15-12-9-6-3)70-64(67)58-55-52-49-46-43-40-37-35-33-31-29-26-23-20-17-14-11-8-5-2/h7,10,16,19,25,28,32,34,38,41,61H,4-6,8-9,11-15,17-18,20-24,26-27,29-31,33,35-37,39-40,42-60H2,1-3H3/b10-7-,19-16-,28-25-,34-32-,41-38-. The van der Waals surface area contributed by atoms with Crippen molar-refractivity contribution in [2.45, 2.75) is 316 Å². The molecule has 0 aliphatic carbocycles. The van der Waals surface area contributed by atoms with E-state index in [9.17, 15) is 14.4 Å². The van der Waals surface area contributed by atoms with E-state index in [1.807, 2.05) is 0 Å². The Hall–Kier alpha value is -2.89. The lowest BCUT2D eigenvalue weighted by molar-refractivity contribution is -0.167. The Bertz CT molecular complexity index is 1260. The second-order valence-electron chi connectivity index (χ2n) is 20.2. The number of hydrogen-bond donors (Lipinski definition) is 0. The average Bonchev–Trinajstić information content (AvgIpc) is 3.36. The second-order valence-corrected chi connectivity index (χ2v) is 20.2. The van der Waals surface area contributed by atoms with E-state index in [-0.39, 0.29) is 31.1 Å². The maximum absolute atomic E-state index is 12.9. The van der Waals surface area contributed by atoms with E-state index in [2.05, 4.69) is 81.5 Å². The van der Waals surface area contributed by atoms with Crippen LogP contribution in [-0.2, 0) is 28.6 Å². The largest absolute Gasteiger partial charge is 0.462 e. The fraction of sp³-hybridized carbons (Fsp3) is 0.797. The van der Waals surface area contributed by atoms with Crippen LogP contribution in [0.25, 0.3) is 0 Å².